The quantitative estimate of drug-likeness (QED) is 0.603. The van der Waals surface area contributed by atoms with Gasteiger partial charge >= 0.3 is 0 Å². The third kappa shape index (κ3) is 3.99. The van der Waals surface area contributed by atoms with Crippen LogP contribution >= 0.6 is 11.8 Å². The Hall–Kier alpha value is -1.69. The van der Waals surface area contributed by atoms with Crippen LogP contribution in [0.2, 0.25) is 0 Å². The van der Waals surface area contributed by atoms with Crippen LogP contribution in [0.1, 0.15) is 6.42 Å². The topological polar surface area (TPSA) is 63.0 Å². The fourth-order valence-electron chi connectivity index (χ4n) is 1.30. The molecule has 0 amide bonds. The molecule has 2 N–H and O–H groups in total. The SMILES string of the molecule is Oc1ccc(SCCCNn2cnnc2)cc1. The van der Waals surface area contributed by atoms with E-state index in [-0.39, 0.29) is 0 Å². The second-order valence-electron chi connectivity index (χ2n) is 3.47. The molecule has 0 radical (unpaired) electrons. The zero-order valence-electron chi connectivity index (χ0n) is 9.28. The average molecular weight is 250 g/mol. The third-order valence-corrected chi connectivity index (χ3v) is 3.24. The van der Waals surface area contributed by atoms with Crippen molar-refractivity contribution in [2.45, 2.75) is 11.3 Å². The van der Waals surface area contributed by atoms with Crippen molar-refractivity contribution in [3.8, 4) is 5.75 Å². The first-order valence-corrected chi connectivity index (χ1v) is 6.33. The van der Waals surface area contributed by atoms with E-state index < -0.39 is 0 Å². The Morgan fingerprint density at radius 1 is 1.18 bits per heavy atom. The van der Waals surface area contributed by atoms with E-state index in [0.717, 1.165) is 18.7 Å². The van der Waals surface area contributed by atoms with Gasteiger partial charge in [-0.2, -0.15) is 0 Å². The van der Waals surface area contributed by atoms with Gasteiger partial charge in [-0.05, 0) is 36.4 Å². The highest BCUT2D eigenvalue weighted by molar-refractivity contribution is 7.99. The van der Waals surface area contributed by atoms with Crippen LogP contribution in [0, 0.1) is 0 Å². The number of phenolic OH excluding ortho intramolecular Hbond substituents is 1. The Balaban J connectivity index is 1.61. The first-order valence-electron chi connectivity index (χ1n) is 5.35. The number of rotatable bonds is 6. The van der Waals surface area contributed by atoms with Crippen LogP contribution in [-0.2, 0) is 0 Å². The molecule has 1 heterocycles. The molecule has 0 unspecified atom stereocenters. The van der Waals surface area contributed by atoms with E-state index in [1.54, 1.807) is 41.2 Å². The van der Waals surface area contributed by atoms with E-state index >= 15 is 0 Å². The van der Waals surface area contributed by atoms with Gasteiger partial charge in [0.15, 0.2) is 0 Å². The molecule has 90 valence electrons. The Labute approximate surface area is 104 Å². The van der Waals surface area contributed by atoms with Gasteiger partial charge in [0.2, 0.25) is 0 Å². The molecule has 0 saturated carbocycles. The van der Waals surface area contributed by atoms with Gasteiger partial charge in [0.05, 0.1) is 0 Å². The van der Waals surface area contributed by atoms with Crippen molar-refractivity contribution < 1.29 is 5.11 Å². The Bertz CT molecular complexity index is 429. The van der Waals surface area contributed by atoms with Gasteiger partial charge < -0.3 is 10.5 Å². The van der Waals surface area contributed by atoms with Crippen LogP contribution in [0.4, 0.5) is 0 Å². The summed E-state index contributed by atoms with van der Waals surface area (Å²) in [7, 11) is 0. The molecule has 0 bridgehead atoms. The molecule has 0 aliphatic heterocycles. The van der Waals surface area contributed by atoms with Crippen LogP contribution < -0.4 is 5.43 Å². The Morgan fingerprint density at radius 2 is 1.88 bits per heavy atom. The van der Waals surface area contributed by atoms with Gasteiger partial charge in [-0.15, -0.1) is 22.0 Å². The van der Waals surface area contributed by atoms with E-state index in [4.69, 9.17) is 5.11 Å². The van der Waals surface area contributed by atoms with Crippen molar-refractivity contribution in [2.75, 3.05) is 17.7 Å². The second-order valence-corrected chi connectivity index (χ2v) is 4.64. The van der Waals surface area contributed by atoms with Crippen LogP contribution in [-0.4, -0.2) is 32.3 Å². The third-order valence-electron chi connectivity index (χ3n) is 2.14. The smallest absolute Gasteiger partial charge is 0.138 e. The lowest BCUT2D eigenvalue weighted by Crippen LogP contribution is -2.14. The molecule has 0 fully saturated rings. The molecule has 2 aromatic rings. The molecule has 0 spiro atoms. The summed E-state index contributed by atoms with van der Waals surface area (Å²) in [6, 6.07) is 7.26. The lowest BCUT2D eigenvalue weighted by molar-refractivity contribution is 0.475. The van der Waals surface area contributed by atoms with Gasteiger partial charge in [-0.3, -0.25) is 0 Å². The highest BCUT2D eigenvalue weighted by Gasteiger charge is 1.95. The minimum atomic E-state index is 0.309. The molecular formula is C11H14N4OS. The standard InChI is InChI=1S/C11H14N4OS/c16-10-2-4-11(5-3-10)17-7-1-6-14-15-8-12-13-9-15/h2-5,8-9,14,16H,1,6-7H2. The first-order chi connectivity index (χ1) is 8.34. The molecule has 2 rings (SSSR count). The molecule has 0 atom stereocenters. The molecule has 1 aromatic heterocycles. The number of nitrogens with one attached hydrogen (secondary N) is 1. The number of benzene rings is 1. The average Bonchev–Trinajstić information content (AvgIpc) is 2.84. The maximum atomic E-state index is 9.14. The summed E-state index contributed by atoms with van der Waals surface area (Å²) in [6.45, 7) is 0.878. The van der Waals surface area contributed by atoms with E-state index in [1.807, 2.05) is 12.1 Å². The number of aromatic nitrogens is 3. The second kappa shape index (κ2) is 6.15. The van der Waals surface area contributed by atoms with Crippen molar-refractivity contribution >= 4 is 11.8 Å². The number of hydrogen-bond donors (Lipinski definition) is 2. The lowest BCUT2D eigenvalue weighted by atomic mass is 10.3. The van der Waals surface area contributed by atoms with Crippen molar-refractivity contribution in [3.05, 3.63) is 36.9 Å². The normalized spacial score (nSPS) is 10.4. The van der Waals surface area contributed by atoms with E-state index in [2.05, 4.69) is 15.6 Å². The van der Waals surface area contributed by atoms with Crippen LogP contribution in [0.3, 0.4) is 0 Å². The predicted molar refractivity (Wildman–Crippen MR) is 67.7 cm³/mol. The van der Waals surface area contributed by atoms with Gasteiger partial charge in [0, 0.05) is 11.4 Å². The van der Waals surface area contributed by atoms with Gasteiger partial charge in [0.1, 0.15) is 18.4 Å². The summed E-state index contributed by atoms with van der Waals surface area (Å²) in [5, 5.41) is 16.5. The van der Waals surface area contributed by atoms with Crippen molar-refractivity contribution in [2.24, 2.45) is 0 Å². The molecule has 0 aliphatic carbocycles. The number of hydrogen-bond acceptors (Lipinski definition) is 5. The van der Waals surface area contributed by atoms with Crippen molar-refractivity contribution in [1.29, 1.82) is 0 Å². The highest BCUT2D eigenvalue weighted by atomic mass is 32.2. The van der Waals surface area contributed by atoms with Gasteiger partial charge in [-0.1, -0.05) is 0 Å². The molecule has 6 heteroatoms. The summed E-state index contributed by atoms with van der Waals surface area (Å²) >= 11 is 1.77. The molecule has 5 nitrogen and oxygen atoms in total. The fourth-order valence-corrected chi connectivity index (χ4v) is 2.15. The molecular weight excluding hydrogens is 236 g/mol. The van der Waals surface area contributed by atoms with E-state index in [1.165, 1.54) is 4.90 Å². The summed E-state index contributed by atoms with van der Waals surface area (Å²) < 4.78 is 1.74. The summed E-state index contributed by atoms with van der Waals surface area (Å²) in [5.41, 5.74) is 3.16. The minimum Gasteiger partial charge on any atom is -0.508 e. The van der Waals surface area contributed by atoms with Crippen molar-refractivity contribution in [3.63, 3.8) is 0 Å². The predicted octanol–water partition coefficient (Wildman–Crippen LogP) is 1.71. The number of phenols is 1. The summed E-state index contributed by atoms with van der Waals surface area (Å²) in [5.74, 6) is 1.34. The lowest BCUT2D eigenvalue weighted by Gasteiger charge is -2.05. The van der Waals surface area contributed by atoms with Crippen LogP contribution in [0.25, 0.3) is 0 Å². The zero-order chi connectivity index (χ0) is 11.9. The van der Waals surface area contributed by atoms with Crippen molar-refractivity contribution in [1.82, 2.24) is 14.9 Å². The van der Waals surface area contributed by atoms with Crippen LogP contribution in [0.5, 0.6) is 5.75 Å². The maximum Gasteiger partial charge on any atom is 0.138 e. The van der Waals surface area contributed by atoms with E-state index in [0.29, 0.717) is 5.75 Å². The number of thioether (sulfide) groups is 1. The zero-order valence-corrected chi connectivity index (χ0v) is 10.1. The monoisotopic (exact) mass is 250 g/mol. The van der Waals surface area contributed by atoms with E-state index in [9.17, 15) is 0 Å². The molecule has 17 heavy (non-hydrogen) atoms. The largest absolute Gasteiger partial charge is 0.508 e. The van der Waals surface area contributed by atoms with Gasteiger partial charge in [-0.25, -0.2) is 4.68 Å². The Morgan fingerprint density at radius 3 is 2.59 bits per heavy atom. The maximum absolute atomic E-state index is 9.14. The summed E-state index contributed by atoms with van der Waals surface area (Å²) in [6.07, 6.45) is 4.31. The van der Waals surface area contributed by atoms with Crippen LogP contribution in [0.15, 0.2) is 41.8 Å². The highest BCUT2D eigenvalue weighted by Crippen LogP contribution is 2.20. The molecule has 0 aliphatic rings. The number of aromatic hydroxyl groups is 1. The fraction of sp³-hybridized carbons (Fsp3) is 0.273. The van der Waals surface area contributed by atoms with Gasteiger partial charge in [0.25, 0.3) is 0 Å². The summed E-state index contributed by atoms with van der Waals surface area (Å²) in [4.78, 5) is 1.17. The molecule has 0 saturated heterocycles. The Kier molecular flexibility index (Phi) is 4.26. The number of nitrogens with zero attached hydrogens (tertiary/aromatic N) is 3. The first kappa shape index (κ1) is 11.8. The molecule has 1 aromatic carbocycles. The minimum absolute atomic E-state index is 0.309.